The fraction of sp³-hybridized carbons (Fsp3) is 0.400. The van der Waals surface area contributed by atoms with E-state index in [2.05, 4.69) is 17.2 Å². The van der Waals surface area contributed by atoms with Crippen molar-refractivity contribution in [3.05, 3.63) is 64.7 Å². The number of aliphatic hydroxyl groups excluding tert-OH is 1. The van der Waals surface area contributed by atoms with Gasteiger partial charge in [-0.1, -0.05) is 13.0 Å². The van der Waals surface area contributed by atoms with Crippen LogP contribution in [0.25, 0.3) is 0 Å². The second-order valence-electron chi connectivity index (χ2n) is 8.30. The van der Waals surface area contributed by atoms with E-state index < -0.39 is 29.7 Å². The van der Waals surface area contributed by atoms with Gasteiger partial charge in [-0.15, -0.1) is 6.58 Å². The van der Waals surface area contributed by atoms with Crippen LogP contribution >= 0.6 is 0 Å². The molecule has 8 heteroatoms. The molecule has 2 amide bonds. The number of hydrogen-bond donors (Lipinski definition) is 3. The highest BCUT2D eigenvalue weighted by molar-refractivity contribution is 6.43. The van der Waals surface area contributed by atoms with Gasteiger partial charge in [0.25, 0.3) is 17.6 Å². The Labute approximate surface area is 193 Å². The van der Waals surface area contributed by atoms with Gasteiger partial charge >= 0.3 is 0 Å². The zero-order valence-electron chi connectivity index (χ0n) is 20.0. The lowest BCUT2D eigenvalue weighted by Crippen LogP contribution is -2.45. The van der Waals surface area contributed by atoms with Gasteiger partial charge in [0.2, 0.25) is 0 Å². The first-order valence-corrected chi connectivity index (χ1v) is 10.8. The molecule has 1 heterocycles. The fourth-order valence-corrected chi connectivity index (χ4v) is 4.10. The summed E-state index contributed by atoms with van der Waals surface area (Å²) >= 11 is 0. The Bertz CT molecular complexity index is 1090. The van der Waals surface area contributed by atoms with Gasteiger partial charge < -0.3 is 20.3 Å². The number of carbonyl (C=O) groups excluding carboxylic acids is 3. The van der Waals surface area contributed by atoms with E-state index >= 15 is 0 Å². The topological polar surface area (TPSA) is 100 Å². The molecule has 0 spiro atoms. The summed E-state index contributed by atoms with van der Waals surface area (Å²) in [6.45, 7) is 12.1. The lowest BCUT2D eigenvalue weighted by molar-refractivity contribution is -0.118. The lowest BCUT2D eigenvalue weighted by atomic mass is 9.92. The molecule has 0 saturated heterocycles. The molecule has 3 N–H and O–H groups in total. The monoisotopic (exact) mass is 457 g/mol. The van der Waals surface area contributed by atoms with E-state index in [1.807, 2.05) is 6.92 Å². The average molecular weight is 458 g/mol. The second kappa shape index (κ2) is 10.6. The summed E-state index contributed by atoms with van der Waals surface area (Å²) < 4.78 is 15.0. The number of benzene rings is 1. The number of carbonyl (C=O) groups is 3. The van der Waals surface area contributed by atoms with Crippen LogP contribution in [0.2, 0.25) is 0 Å². The summed E-state index contributed by atoms with van der Waals surface area (Å²) in [4.78, 5) is 38.7. The molecule has 0 bridgehead atoms. The number of ketones is 1. The van der Waals surface area contributed by atoms with Gasteiger partial charge in [-0.2, -0.15) is 0 Å². The van der Waals surface area contributed by atoms with Crippen LogP contribution in [0, 0.1) is 32.5 Å². The molecular formula is C25H32FN3O4. The summed E-state index contributed by atoms with van der Waals surface area (Å²) in [5.74, 6) is -2.72. The number of aryl methyl sites for hydroxylation is 1. The van der Waals surface area contributed by atoms with Gasteiger partial charge in [0.05, 0.1) is 17.4 Å². The number of hydrogen-bond acceptors (Lipinski definition) is 4. The Morgan fingerprint density at radius 2 is 1.88 bits per heavy atom. The van der Waals surface area contributed by atoms with Crippen LogP contribution in [0.15, 0.2) is 30.9 Å². The van der Waals surface area contributed by atoms with Crippen molar-refractivity contribution >= 4 is 23.3 Å². The highest BCUT2D eigenvalue weighted by Crippen LogP contribution is 2.24. The molecule has 33 heavy (non-hydrogen) atoms. The maximum Gasteiger partial charge on any atom is 0.294 e. The summed E-state index contributed by atoms with van der Waals surface area (Å²) in [5, 5.41) is 15.5. The Morgan fingerprint density at radius 1 is 1.24 bits per heavy atom. The highest BCUT2D eigenvalue weighted by atomic mass is 19.1. The predicted molar refractivity (Wildman–Crippen MR) is 126 cm³/mol. The van der Waals surface area contributed by atoms with E-state index in [0.29, 0.717) is 28.9 Å². The lowest BCUT2D eigenvalue weighted by Gasteiger charge is -2.26. The van der Waals surface area contributed by atoms with Gasteiger partial charge in [-0.3, -0.25) is 14.4 Å². The van der Waals surface area contributed by atoms with E-state index in [4.69, 9.17) is 0 Å². The summed E-state index contributed by atoms with van der Waals surface area (Å²) in [6.07, 6.45) is 1.17. The van der Waals surface area contributed by atoms with Crippen LogP contribution in [0.3, 0.4) is 0 Å². The summed E-state index contributed by atoms with van der Waals surface area (Å²) in [7, 11) is 1.61. The van der Waals surface area contributed by atoms with Crippen molar-refractivity contribution < 1.29 is 23.9 Å². The molecule has 7 nitrogen and oxygen atoms in total. The molecule has 3 atom stereocenters. The molecule has 0 radical (unpaired) electrons. The number of rotatable bonds is 9. The third-order valence-electron chi connectivity index (χ3n) is 6.15. The summed E-state index contributed by atoms with van der Waals surface area (Å²) in [6, 6.07) is 3.77. The van der Waals surface area contributed by atoms with Crippen molar-refractivity contribution in [1.29, 1.82) is 0 Å². The molecule has 0 aliphatic carbocycles. The maximum atomic E-state index is 13.5. The summed E-state index contributed by atoms with van der Waals surface area (Å²) in [5.41, 5.74) is 2.08. The fourth-order valence-electron chi connectivity index (χ4n) is 4.10. The third-order valence-corrected chi connectivity index (χ3v) is 6.15. The van der Waals surface area contributed by atoms with Crippen LogP contribution in [0.5, 0.6) is 0 Å². The first kappa shape index (κ1) is 26.0. The normalized spacial score (nSPS) is 13.7. The average Bonchev–Trinajstić information content (AvgIpc) is 2.98. The number of anilines is 1. The number of halogens is 1. The van der Waals surface area contributed by atoms with Gasteiger partial charge in [0.15, 0.2) is 0 Å². The van der Waals surface area contributed by atoms with Crippen molar-refractivity contribution in [2.24, 2.45) is 13.0 Å². The van der Waals surface area contributed by atoms with Crippen LogP contribution in [-0.4, -0.2) is 39.4 Å². The number of aliphatic hydroxyl groups is 1. The van der Waals surface area contributed by atoms with Crippen LogP contribution in [0.1, 0.15) is 57.9 Å². The number of aromatic nitrogens is 1. The van der Waals surface area contributed by atoms with E-state index in [1.165, 1.54) is 28.8 Å². The molecular weight excluding hydrogens is 425 g/mol. The molecule has 0 aliphatic rings. The number of nitrogens with one attached hydrogen (secondary N) is 2. The molecule has 1 aromatic heterocycles. The Morgan fingerprint density at radius 3 is 2.42 bits per heavy atom. The molecule has 0 aliphatic heterocycles. The first-order chi connectivity index (χ1) is 15.4. The first-order valence-electron chi connectivity index (χ1n) is 10.8. The Hall–Kier alpha value is -3.26. The quantitative estimate of drug-likeness (QED) is 0.304. The smallest absolute Gasteiger partial charge is 0.294 e. The van der Waals surface area contributed by atoms with E-state index in [1.54, 1.807) is 34.7 Å². The van der Waals surface area contributed by atoms with Gasteiger partial charge in [0.1, 0.15) is 5.82 Å². The molecule has 3 unspecified atom stereocenters. The SMILES string of the molecule is C=CC(O)C(CC)C(C)NC(=O)C(=O)c1c(C)c(C(=O)Nc2ccc(F)c(C)c2)c(C)n1C. The maximum absolute atomic E-state index is 13.5. The standard InChI is InChI=1S/C25H32FN3O4/c1-8-18(20(30)9-2)15(5)27-25(33)23(31)22-14(4)21(16(6)29(22)7)24(32)28-17-10-11-19(26)13(3)12-17/h9-12,15,18,20,30H,2,8H2,1,3-7H3,(H,27,33)(H,28,32). The van der Waals surface area contributed by atoms with Gasteiger partial charge in [-0.25, -0.2) is 4.39 Å². The molecule has 0 fully saturated rings. The minimum absolute atomic E-state index is 0.106. The Balaban J connectivity index is 2.29. The third kappa shape index (κ3) is 5.39. The zero-order valence-corrected chi connectivity index (χ0v) is 20.0. The molecule has 178 valence electrons. The molecule has 1 aromatic carbocycles. The van der Waals surface area contributed by atoms with E-state index in [0.717, 1.165) is 0 Å². The van der Waals surface area contributed by atoms with Gasteiger partial charge in [0, 0.05) is 30.4 Å². The van der Waals surface area contributed by atoms with E-state index in [-0.39, 0.29) is 23.0 Å². The van der Waals surface area contributed by atoms with Crippen LogP contribution in [-0.2, 0) is 11.8 Å². The second-order valence-corrected chi connectivity index (χ2v) is 8.30. The van der Waals surface area contributed by atoms with Crippen LogP contribution < -0.4 is 10.6 Å². The minimum atomic E-state index is -0.818. The number of nitrogens with zero attached hydrogens (tertiary/aromatic N) is 1. The van der Waals surface area contributed by atoms with Crippen molar-refractivity contribution in [3.8, 4) is 0 Å². The predicted octanol–water partition coefficient (Wildman–Crippen LogP) is 3.60. The van der Waals surface area contributed by atoms with Crippen molar-refractivity contribution in [3.63, 3.8) is 0 Å². The molecule has 2 rings (SSSR count). The van der Waals surface area contributed by atoms with Crippen molar-refractivity contribution in [2.75, 3.05) is 5.32 Å². The number of amides is 2. The molecule has 2 aromatic rings. The zero-order chi connectivity index (χ0) is 25.0. The van der Waals surface area contributed by atoms with Crippen molar-refractivity contribution in [2.45, 2.75) is 53.2 Å². The van der Waals surface area contributed by atoms with E-state index in [9.17, 15) is 23.9 Å². The minimum Gasteiger partial charge on any atom is -0.389 e. The van der Waals surface area contributed by atoms with Crippen molar-refractivity contribution in [1.82, 2.24) is 9.88 Å². The highest BCUT2D eigenvalue weighted by Gasteiger charge is 2.31. The molecule has 0 saturated carbocycles. The number of Topliss-reactive ketones (excluding diaryl/α,β-unsaturated/α-hetero) is 1. The Kier molecular flexibility index (Phi) is 8.33. The largest absolute Gasteiger partial charge is 0.389 e. The van der Waals surface area contributed by atoms with Gasteiger partial charge in [-0.05, 0) is 63.4 Å². The van der Waals surface area contributed by atoms with Crippen LogP contribution in [0.4, 0.5) is 10.1 Å².